The maximum Gasteiger partial charge on any atom is 0.252 e. The van der Waals surface area contributed by atoms with E-state index in [0.717, 1.165) is 6.26 Å². The van der Waals surface area contributed by atoms with E-state index < -0.39 is 19.9 Å². The van der Waals surface area contributed by atoms with Crippen molar-refractivity contribution in [3.05, 3.63) is 41.8 Å². The van der Waals surface area contributed by atoms with Gasteiger partial charge >= 0.3 is 0 Å². The summed E-state index contributed by atoms with van der Waals surface area (Å²) in [5, 5.41) is 4.46. The highest BCUT2D eigenvalue weighted by atomic mass is 32.2. The minimum absolute atomic E-state index is 0.140. The number of sulfonamides is 1. The van der Waals surface area contributed by atoms with Gasteiger partial charge in [-0.15, -0.1) is 11.3 Å². The van der Waals surface area contributed by atoms with Crippen LogP contribution in [-0.4, -0.2) is 70.9 Å². The smallest absolute Gasteiger partial charge is 0.252 e. The molecule has 0 unspecified atom stereocenters. The van der Waals surface area contributed by atoms with E-state index in [2.05, 4.69) is 5.32 Å². The van der Waals surface area contributed by atoms with Crippen LogP contribution in [-0.2, 0) is 24.7 Å². The molecule has 2 heterocycles. The molecule has 1 aliphatic heterocycles. The summed E-state index contributed by atoms with van der Waals surface area (Å²) in [7, 11) is -6.74. The number of anilines is 1. The molecule has 1 N–H and O–H groups in total. The molecule has 1 aromatic carbocycles. The number of nitrogens with one attached hydrogen (secondary N) is 1. The number of amides is 1. The number of hydrogen-bond acceptors (Lipinski definition) is 7. The van der Waals surface area contributed by atoms with Gasteiger partial charge in [-0.2, -0.15) is 4.31 Å². The van der Waals surface area contributed by atoms with Crippen molar-refractivity contribution in [2.45, 2.75) is 9.10 Å². The van der Waals surface area contributed by atoms with Crippen molar-refractivity contribution < 1.29 is 21.6 Å². The van der Waals surface area contributed by atoms with Crippen LogP contribution in [0.2, 0.25) is 0 Å². The number of thiophene rings is 1. The molecule has 0 atom stereocenters. The first-order valence-electron chi connectivity index (χ1n) is 8.52. The zero-order valence-electron chi connectivity index (χ0n) is 15.2. The minimum atomic E-state index is -3.46. The Hall–Kier alpha value is -1.79. The lowest BCUT2D eigenvalue weighted by Gasteiger charge is -2.33. The SMILES string of the molecule is CS(=O)(=O)c1ccc(NC(=O)CN2CCN(S(=O)(=O)c3cccs3)CC2)cc1. The van der Waals surface area contributed by atoms with Crippen LogP contribution in [0, 0.1) is 0 Å². The molecule has 1 fully saturated rings. The third-order valence-electron chi connectivity index (χ3n) is 4.35. The summed E-state index contributed by atoms with van der Waals surface area (Å²) in [4.78, 5) is 14.3. The molecule has 0 bridgehead atoms. The van der Waals surface area contributed by atoms with Crippen LogP contribution in [0.5, 0.6) is 0 Å². The zero-order valence-corrected chi connectivity index (χ0v) is 17.7. The number of sulfone groups is 1. The highest BCUT2D eigenvalue weighted by Crippen LogP contribution is 2.22. The number of piperazine rings is 1. The van der Waals surface area contributed by atoms with E-state index >= 15 is 0 Å². The molecule has 8 nitrogen and oxygen atoms in total. The van der Waals surface area contributed by atoms with Gasteiger partial charge in [0, 0.05) is 38.1 Å². The molecular formula is C17H21N3O5S3. The lowest BCUT2D eigenvalue weighted by Crippen LogP contribution is -2.50. The van der Waals surface area contributed by atoms with E-state index in [0.29, 0.717) is 36.1 Å². The molecule has 1 amide bonds. The quantitative estimate of drug-likeness (QED) is 0.717. The Morgan fingerprint density at radius 1 is 1.04 bits per heavy atom. The van der Waals surface area contributed by atoms with Gasteiger partial charge in [0.15, 0.2) is 9.84 Å². The number of hydrogen-bond donors (Lipinski definition) is 1. The Morgan fingerprint density at radius 2 is 1.68 bits per heavy atom. The van der Waals surface area contributed by atoms with Crippen molar-refractivity contribution in [1.82, 2.24) is 9.21 Å². The summed E-state index contributed by atoms with van der Waals surface area (Å²) in [6.07, 6.45) is 1.12. The summed E-state index contributed by atoms with van der Waals surface area (Å²) in [6, 6.07) is 9.27. The van der Waals surface area contributed by atoms with Gasteiger partial charge in [0.25, 0.3) is 10.0 Å². The molecule has 28 heavy (non-hydrogen) atoms. The minimum Gasteiger partial charge on any atom is -0.325 e. The molecule has 152 valence electrons. The van der Waals surface area contributed by atoms with E-state index in [1.807, 2.05) is 4.90 Å². The van der Waals surface area contributed by atoms with E-state index in [4.69, 9.17) is 0 Å². The summed E-state index contributed by atoms with van der Waals surface area (Å²) in [5.41, 5.74) is 0.510. The van der Waals surface area contributed by atoms with Crippen LogP contribution in [0.3, 0.4) is 0 Å². The maximum atomic E-state index is 12.5. The molecule has 11 heteroatoms. The number of benzene rings is 1. The lowest BCUT2D eigenvalue weighted by atomic mass is 10.3. The van der Waals surface area contributed by atoms with Gasteiger partial charge in [0.2, 0.25) is 5.91 Å². The van der Waals surface area contributed by atoms with Gasteiger partial charge in [-0.25, -0.2) is 16.8 Å². The highest BCUT2D eigenvalue weighted by Gasteiger charge is 2.29. The predicted octanol–water partition coefficient (Wildman–Crippen LogP) is 1.10. The molecule has 2 aromatic rings. The van der Waals surface area contributed by atoms with Gasteiger partial charge < -0.3 is 5.32 Å². The largest absolute Gasteiger partial charge is 0.325 e. The first-order chi connectivity index (χ1) is 13.2. The normalized spacial score (nSPS) is 16.8. The number of nitrogens with zero attached hydrogens (tertiary/aromatic N) is 2. The molecule has 0 radical (unpaired) electrons. The third-order valence-corrected chi connectivity index (χ3v) is 8.75. The van der Waals surface area contributed by atoms with Crippen LogP contribution in [0.15, 0.2) is 50.9 Å². The summed E-state index contributed by atoms with van der Waals surface area (Å²) >= 11 is 1.19. The molecule has 1 aromatic heterocycles. The zero-order chi connectivity index (χ0) is 20.4. The van der Waals surface area contributed by atoms with Crippen molar-refractivity contribution in [2.24, 2.45) is 0 Å². The number of carbonyl (C=O) groups excluding carboxylic acids is 1. The van der Waals surface area contributed by atoms with E-state index in [-0.39, 0.29) is 17.3 Å². The Bertz CT molecular complexity index is 1020. The van der Waals surface area contributed by atoms with Crippen molar-refractivity contribution in [2.75, 3.05) is 44.3 Å². The van der Waals surface area contributed by atoms with Gasteiger partial charge in [-0.1, -0.05) is 6.07 Å². The molecule has 1 aliphatic rings. The fourth-order valence-corrected chi connectivity index (χ4v) is 6.05. The van der Waals surface area contributed by atoms with Crippen molar-refractivity contribution in [3.8, 4) is 0 Å². The summed E-state index contributed by atoms with van der Waals surface area (Å²) in [6.45, 7) is 1.73. The second-order valence-electron chi connectivity index (χ2n) is 6.46. The fourth-order valence-electron chi connectivity index (χ4n) is 2.85. The van der Waals surface area contributed by atoms with Gasteiger partial charge in [0.05, 0.1) is 11.4 Å². The lowest BCUT2D eigenvalue weighted by molar-refractivity contribution is -0.117. The number of carbonyl (C=O) groups is 1. The molecule has 3 rings (SSSR count). The van der Waals surface area contributed by atoms with Crippen LogP contribution in [0.4, 0.5) is 5.69 Å². The highest BCUT2D eigenvalue weighted by molar-refractivity contribution is 7.91. The van der Waals surface area contributed by atoms with Gasteiger partial charge in [-0.05, 0) is 35.7 Å². The summed E-state index contributed by atoms with van der Waals surface area (Å²) in [5.74, 6) is -0.235. The van der Waals surface area contributed by atoms with E-state index in [1.165, 1.54) is 27.8 Å². The van der Waals surface area contributed by atoms with Gasteiger partial charge in [-0.3, -0.25) is 9.69 Å². The van der Waals surface area contributed by atoms with Crippen LogP contribution in [0.1, 0.15) is 0 Å². The second-order valence-corrected chi connectivity index (χ2v) is 11.6. The van der Waals surface area contributed by atoms with Crippen molar-refractivity contribution in [3.63, 3.8) is 0 Å². The predicted molar refractivity (Wildman–Crippen MR) is 108 cm³/mol. The Kier molecular flexibility index (Phi) is 6.20. The average molecular weight is 444 g/mol. The molecule has 0 spiro atoms. The Balaban J connectivity index is 1.51. The molecule has 0 aliphatic carbocycles. The molecule has 1 saturated heterocycles. The van der Waals surface area contributed by atoms with Crippen molar-refractivity contribution in [1.29, 1.82) is 0 Å². The molecule has 0 saturated carbocycles. The number of rotatable bonds is 6. The first kappa shape index (κ1) is 20.9. The standard InChI is InChI=1S/C17H21N3O5S3/c1-27(22,23)15-6-4-14(5-7-15)18-16(21)13-19-8-10-20(11-9-19)28(24,25)17-3-2-12-26-17/h2-7,12H,8-11,13H2,1H3,(H,18,21). The van der Waals surface area contributed by atoms with Crippen LogP contribution < -0.4 is 5.32 Å². The molecular weight excluding hydrogens is 422 g/mol. The van der Waals surface area contributed by atoms with E-state index in [9.17, 15) is 21.6 Å². The average Bonchev–Trinajstić information content (AvgIpc) is 3.17. The summed E-state index contributed by atoms with van der Waals surface area (Å²) < 4.78 is 49.7. The first-order valence-corrected chi connectivity index (χ1v) is 12.7. The monoisotopic (exact) mass is 443 g/mol. The Morgan fingerprint density at radius 3 is 2.21 bits per heavy atom. The van der Waals surface area contributed by atoms with Gasteiger partial charge in [0.1, 0.15) is 4.21 Å². The van der Waals surface area contributed by atoms with E-state index in [1.54, 1.807) is 29.6 Å². The fraction of sp³-hybridized carbons (Fsp3) is 0.353. The topological polar surface area (TPSA) is 104 Å². The maximum absolute atomic E-state index is 12.5. The van der Waals surface area contributed by atoms with Crippen molar-refractivity contribution >= 4 is 42.8 Å². The van der Waals surface area contributed by atoms with Crippen LogP contribution >= 0.6 is 11.3 Å². The van der Waals surface area contributed by atoms with Crippen LogP contribution in [0.25, 0.3) is 0 Å². The Labute approximate surface area is 168 Å². The second kappa shape index (κ2) is 8.29. The third kappa shape index (κ3) is 4.97.